The molecule has 8 nitrogen and oxygen atoms in total. The monoisotopic (exact) mass is 577 g/mol. The van der Waals surface area contributed by atoms with E-state index in [1.54, 1.807) is 0 Å². The van der Waals surface area contributed by atoms with Gasteiger partial charge in [0, 0.05) is 60.9 Å². The smallest absolute Gasteiger partial charge is 0.164 e. The van der Waals surface area contributed by atoms with E-state index in [-0.39, 0.29) is 17.1 Å². The molecule has 0 spiro atoms. The molecule has 9 heteroatoms. The van der Waals surface area contributed by atoms with E-state index in [1.807, 2.05) is 97.1 Å². The Kier molecular flexibility index (Phi) is 5.12. The molecule has 9 rings (SSSR count). The van der Waals surface area contributed by atoms with Gasteiger partial charge in [-0.2, -0.15) is 0 Å². The van der Waals surface area contributed by atoms with E-state index in [4.69, 9.17) is 29.9 Å². The van der Waals surface area contributed by atoms with Crippen LogP contribution in [0.5, 0.6) is 0 Å². The zero-order chi connectivity index (χ0) is 26.2. The molecule has 0 saturated carbocycles. The SMILES string of the molecule is [Cu].c1ccc2c(c1)-c1nc-2nc2[nH]c(nc3nc(nc4[nH]c(n1)c1ccccc41)-c1ccccc1-3)c1ccccc21. The molecule has 8 bridgehead atoms. The fourth-order valence-electron chi connectivity index (χ4n) is 5.59. The minimum atomic E-state index is 0. The molecule has 0 atom stereocenters. The summed E-state index contributed by atoms with van der Waals surface area (Å²) >= 11 is 0. The van der Waals surface area contributed by atoms with Crippen molar-refractivity contribution in [2.45, 2.75) is 0 Å². The first kappa shape index (κ1) is 23.6. The van der Waals surface area contributed by atoms with Crippen molar-refractivity contribution >= 4 is 44.1 Å². The molecule has 4 aromatic carbocycles. The molecule has 41 heavy (non-hydrogen) atoms. The minimum absolute atomic E-state index is 0. The largest absolute Gasteiger partial charge is 0.324 e. The summed E-state index contributed by atoms with van der Waals surface area (Å²) in [6.45, 7) is 0. The summed E-state index contributed by atoms with van der Waals surface area (Å²) in [4.78, 5) is 36.8. The van der Waals surface area contributed by atoms with Crippen LogP contribution in [0.3, 0.4) is 0 Å². The average molecular weight is 578 g/mol. The van der Waals surface area contributed by atoms with E-state index in [9.17, 15) is 0 Å². The van der Waals surface area contributed by atoms with Gasteiger partial charge in [-0.1, -0.05) is 97.1 Å². The Balaban J connectivity index is 0.00000256. The predicted octanol–water partition coefficient (Wildman–Crippen LogP) is 6.87. The van der Waals surface area contributed by atoms with Gasteiger partial charge in [0.25, 0.3) is 0 Å². The Hall–Kier alpha value is -5.24. The van der Waals surface area contributed by atoms with Crippen LogP contribution in [0.1, 0.15) is 0 Å². The van der Waals surface area contributed by atoms with Crippen molar-refractivity contribution in [2.75, 3.05) is 0 Å². The van der Waals surface area contributed by atoms with Gasteiger partial charge in [0.15, 0.2) is 23.3 Å². The topological polar surface area (TPSA) is 109 Å². The maximum atomic E-state index is 5.02. The zero-order valence-corrected chi connectivity index (χ0v) is 22.2. The van der Waals surface area contributed by atoms with E-state index in [0.29, 0.717) is 45.9 Å². The van der Waals surface area contributed by atoms with Gasteiger partial charge in [-0.05, 0) is 0 Å². The Labute approximate surface area is 243 Å². The third kappa shape index (κ3) is 3.53. The van der Waals surface area contributed by atoms with E-state index in [0.717, 1.165) is 43.8 Å². The van der Waals surface area contributed by atoms with Crippen molar-refractivity contribution in [1.82, 2.24) is 39.9 Å². The minimum Gasteiger partial charge on any atom is -0.324 e. The van der Waals surface area contributed by atoms with E-state index >= 15 is 0 Å². The molecule has 5 heterocycles. The number of H-pyrrole nitrogens is 2. The summed E-state index contributed by atoms with van der Waals surface area (Å²) < 4.78 is 0. The van der Waals surface area contributed by atoms with Gasteiger partial charge in [-0.25, -0.2) is 29.9 Å². The molecule has 3 aromatic heterocycles. The van der Waals surface area contributed by atoms with E-state index in [2.05, 4.69) is 9.97 Å². The van der Waals surface area contributed by atoms with Gasteiger partial charge in [0.2, 0.25) is 0 Å². The second kappa shape index (κ2) is 8.89. The summed E-state index contributed by atoms with van der Waals surface area (Å²) in [5.41, 5.74) is 6.45. The van der Waals surface area contributed by atoms with E-state index in [1.165, 1.54) is 0 Å². The standard InChI is InChI=1S/C32H18N8.Cu/c1-2-10-18-17(9-1)25-33-26(18)38-28-21-13-5-6-14-22(21)30(35-28)40-32-24-16-8-7-15-23(24)31(36-32)39-29-20-12-4-3-11-19(20)27(34-29)37-25;/h1-16H,(H2,33,34,35,36,37,38,39,40);. The van der Waals surface area contributed by atoms with Crippen LogP contribution < -0.4 is 0 Å². The maximum Gasteiger partial charge on any atom is 0.164 e. The normalized spacial score (nSPS) is 11.7. The van der Waals surface area contributed by atoms with Crippen molar-refractivity contribution in [2.24, 2.45) is 0 Å². The summed E-state index contributed by atoms with van der Waals surface area (Å²) in [5.74, 6) is 2.39. The van der Waals surface area contributed by atoms with Gasteiger partial charge >= 0.3 is 0 Å². The molecular weight excluding hydrogens is 560 g/mol. The van der Waals surface area contributed by atoms with Crippen LogP contribution in [0.2, 0.25) is 0 Å². The first-order valence-electron chi connectivity index (χ1n) is 13.0. The second-order valence-electron chi connectivity index (χ2n) is 9.79. The average Bonchev–Trinajstić information content (AvgIpc) is 3.73. The fourth-order valence-corrected chi connectivity index (χ4v) is 5.59. The number of aromatic amines is 2. The number of aromatic nitrogens is 8. The molecule has 2 N–H and O–H groups in total. The van der Waals surface area contributed by atoms with Crippen LogP contribution in [0, 0.1) is 0 Å². The van der Waals surface area contributed by atoms with Crippen LogP contribution in [-0.4, -0.2) is 39.9 Å². The van der Waals surface area contributed by atoms with Crippen molar-refractivity contribution in [1.29, 1.82) is 0 Å². The quantitative estimate of drug-likeness (QED) is 0.190. The molecule has 1 radical (unpaired) electrons. The third-order valence-electron chi connectivity index (χ3n) is 7.46. The van der Waals surface area contributed by atoms with Gasteiger partial charge in [-0.15, -0.1) is 0 Å². The predicted molar refractivity (Wildman–Crippen MR) is 156 cm³/mol. The molecular formula is C32H18CuN8. The number of rotatable bonds is 0. The van der Waals surface area contributed by atoms with Crippen molar-refractivity contribution in [3.63, 3.8) is 0 Å². The Morgan fingerprint density at radius 1 is 0.317 bits per heavy atom. The van der Waals surface area contributed by atoms with Crippen molar-refractivity contribution in [3.05, 3.63) is 97.1 Å². The first-order valence-corrected chi connectivity index (χ1v) is 13.0. The Morgan fingerprint density at radius 3 is 0.829 bits per heavy atom. The van der Waals surface area contributed by atoms with Gasteiger partial charge in [0.1, 0.15) is 22.6 Å². The molecule has 0 aliphatic carbocycles. The number of nitrogens with one attached hydrogen (secondary N) is 2. The third-order valence-corrected chi connectivity index (χ3v) is 7.46. The van der Waals surface area contributed by atoms with Crippen LogP contribution in [0.4, 0.5) is 0 Å². The van der Waals surface area contributed by atoms with E-state index < -0.39 is 0 Å². The molecule has 2 aliphatic heterocycles. The fraction of sp³-hybridized carbons (Fsp3) is 0. The number of fused-ring (bicyclic) bond motifs is 20. The number of benzene rings is 4. The maximum absolute atomic E-state index is 5.02. The Bertz CT molecular complexity index is 2030. The molecule has 0 saturated heterocycles. The second-order valence-corrected chi connectivity index (χ2v) is 9.79. The molecule has 2 aliphatic rings. The van der Waals surface area contributed by atoms with Gasteiger partial charge in [0.05, 0.1) is 0 Å². The van der Waals surface area contributed by atoms with Crippen LogP contribution >= 0.6 is 0 Å². The van der Waals surface area contributed by atoms with Crippen LogP contribution in [0.15, 0.2) is 97.1 Å². The number of nitrogens with zero attached hydrogens (tertiary/aromatic N) is 6. The summed E-state index contributed by atoms with van der Waals surface area (Å²) in [5, 5.41) is 3.82. The first-order chi connectivity index (χ1) is 19.8. The van der Waals surface area contributed by atoms with Crippen molar-refractivity contribution in [3.8, 4) is 45.6 Å². The summed E-state index contributed by atoms with van der Waals surface area (Å²) in [6.07, 6.45) is 0. The van der Waals surface area contributed by atoms with Crippen LogP contribution in [-0.2, 0) is 17.1 Å². The summed E-state index contributed by atoms with van der Waals surface area (Å²) in [7, 11) is 0. The molecule has 0 amide bonds. The van der Waals surface area contributed by atoms with Crippen LogP contribution in [0.25, 0.3) is 89.7 Å². The molecule has 7 aromatic rings. The molecule has 0 unspecified atom stereocenters. The van der Waals surface area contributed by atoms with Gasteiger partial charge in [-0.3, -0.25) is 0 Å². The number of hydrogen-bond donors (Lipinski definition) is 2. The molecule has 0 fully saturated rings. The number of hydrogen-bond acceptors (Lipinski definition) is 6. The zero-order valence-electron chi connectivity index (χ0n) is 21.2. The summed E-state index contributed by atoms with van der Waals surface area (Å²) in [6, 6.07) is 32.2. The molecule has 197 valence electrons. The van der Waals surface area contributed by atoms with Gasteiger partial charge < -0.3 is 9.97 Å². The van der Waals surface area contributed by atoms with Crippen molar-refractivity contribution < 1.29 is 17.1 Å². The Morgan fingerprint density at radius 2 is 0.561 bits per heavy atom.